The van der Waals surface area contributed by atoms with E-state index in [1.165, 1.54) is 12.1 Å². The number of allylic oxidation sites excluding steroid dienone is 1. The zero-order chi connectivity index (χ0) is 17.4. The first-order valence-electron chi connectivity index (χ1n) is 7.61. The molecular formula is C19H18FNO3. The highest BCUT2D eigenvalue weighted by molar-refractivity contribution is 5.72. The molecule has 1 heterocycles. The van der Waals surface area contributed by atoms with Gasteiger partial charge in [-0.05, 0) is 44.0 Å². The Bertz CT molecular complexity index is 928. The summed E-state index contributed by atoms with van der Waals surface area (Å²) in [6.45, 7) is 5.28. The van der Waals surface area contributed by atoms with Crippen molar-refractivity contribution in [3.63, 3.8) is 0 Å². The Balaban J connectivity index is 1.88. The molecule has 0 amide bonds. The van der Waals surface area contributed by atoms with Gasteiger partial charge in [-0.25, -0.2) is 9.37 Å². The van der Waals surface area contributed by atoms with Crippen molar-refractivity contribution < 1.29 is 19.0 Å². The summed E-state index contributed by atoms with van der Waals surface area (Å²) >= 11 is 0. The van der Waals surface area contributed by atoms with E-state index in [0.29, 0.717) is 45.7 Å². The van der Waals surface area contributed by atoms with E-state index >= 15 is 0 Å². The topological polar surface area (TPSA) is 66.5 Å². The van der Waals surface area contributed by atoms with Crippen molar-refractivity contribution in [2.24, 2.45) is 0 Å². The van der Waals surface area contributed by atoms with E-state index in [9.17, 15) is 14.6 Å². The Morgan fingerprint density at radius 2 is 1.79 bits per heavy atom. The van der Waals surface area contributed by atoms with Gasteiger partial charge in [0.15, 0.2) is 11.5 Å². The van der Waals surface area contributed by atoms with E-state index in [4.69, 9.17) is 4.42 Å². The second kappa shape index (κ2) is 6.00. The molecule has 124 valence electrons. The van der Waals surface area contributed by atoms with Crippen molar-refractivity contribution in [1.29, 1.82) is 0 Å². The molecule has 0 saturated heterocycles. The summed E-state index contributed by atoms with van der Waals surface area (Å²) in [4.78, 5) is 4.28. The molecular weight excluding hydrogens is 309 g/mol. The van der Waals surface area contributed by atoms with Crippen LogP contribution < -0.4 is 0 Å². The quantitative estimate of drug-likeness (QED) is 0.692. The maximum Gasteiger partial charge on any atom is 0.199 e. The highest BCUT2D eigenvalue weighted by Crippen LogP contribution is 2.36. The van der Waals surface area contributed by atoms with Gasteiger partial charge < -0.3 is 14.6 Å². The molecule has 0 aliphatic carbocycles. The van der Waals surface area contributed by atoms with Crippen LogP contribution in [-0.4, -0.2) is 15.2 Å². The average Bonchev–Trinajstić information content (AvgIpc) is 2.96. The maximum absolute atomic E-state index is 13.2. The summed E-state index contributed by atoms with van der Waals surface area (Å²) in [6.07, 6.45) is 3.91. The summed E-state index contributed by atoms with van der Waals surface area (Å²) in [5.41, 5.74) is 3.51. The molecule has 2 aromatic carbocycles. The fourth-order valence-corrected chi connectivity index (χ4v) is 2.66. The van der Waals surface area contributed by atoms with Gasteiger partial charge in [0.25, 0.3) is 0 Å². The Labute approximate surface area is 138 Å². The van der Waals surface area contributed by atoms with E-state index < -0.39 is 0 Å². The maximum atomic E-state index is 13.2. The molecule has 0 fully saturated rings. The largest absolute Gasteiger partial charge is 0.507 e. The number of oxazole rings is 1. The van der Waals surface area contributed by atoms with E-state index in [2.05, 4.69) is 4.98 Å². The van der Waals surface area contributed by atoms with Gasteiger partial charge >= 0.3 is 0 Å². The summed E-state index contributed by atoms with van der Waals surface area (Å²) in [5.74, 6) is 0.421. The predicted octanol–water partition coefficient (Wildman–Crippen LogP) is 4.56. The van der Waals surface area contributed by atoms with Gasteiger partial charge in [0, 0.05) is 23.6 Å². The van der Waals surface area contributed by atoms with Gasteiger partial charge in [-0.1, -0.05) is 12.2 Å². The molecule has 0 spiro atoms. The van der Waals surface area contributed by atoms with Crippen LogP contribution in [0.1, 0.15) is 28.1 Å². The van der Waals surface area contributed by atoms with Gasteiger partial charge in [0.05, 0.1) is 0 Å². The Morgan fingerprint density at radius 3 is 2.54 bits per heavy atom. The van der Waals surface area contributed by atoms with E-state index in [-0.39, 0.29) is 17.3 Å². The summed E-state index contributed by atoms with van der Waals surface area (Å²) in [6, 6.07) is 4.20. The van der Waals surface area contributed by atoms with Crippen LogP contribution in [0, 0.1) is 26.6 Å². The normalized spacial score (nSPS) is 11.7. The number of hydrogen-bond acceptors (Lipinski definition) is 4. The lowest BCUT2D eigenvalue weighted by atomic mass is 9.97. The smallest absolute Gasteiger partial charge is 0.199 e. The second-order valence-electron chi connectivity index (χ2n) is 5.81. The standard InChI is InChI=1S/C19H18FNO3/c1-10-11(2)19(23)14(12(3)18(10)22)5-4-6-17-21-15-8-7-13(20)9-16(15)24-17/h4-5,7-9,22-23H,6H2,1-3H3/b5-4+. The average molecular weight is 327 g/mol. The lowest BCUT2D eigenvalue weighted by molar-refractivity contribution is 0.448. The van der Waals surface area contributed by atoms with Crippen molar-refractivity contribution in [3.8, 4) is 11.5 Å². The van der Waals surface area contributed by atoms with Crippen molar-refractivity contribution in [3.05, 3.63) is 58.2 Å². The molecule has 5 heteroatoms. The summed E-state index contributed by atoms with van der Waals surface area (Å²) in [7, 11) is 0. The minimum atomic E-state index is -0.369. The first kappa shape index (κ1) is 16.1. The zero-order valence-electron chi connectivity index (χ0n) is 13.7. The highest BCUT2D eigenvalue weighted by atomic mass is 19.1. The number of phenols is 2. The Morgan fingerprint density at radius 1 is 1.08 bits per heavy atom. The zero-order valence-corrected chi connectivity index (χ0v) is 13.7. The van der Waals surface area contributed by atoms with Crippen LogP contribution in [0.25, 0.3) is 17.2 Å². The van der Waals surface area contributed by atoms with E-state index in [1.807, 2.05) is 0 Å². The number of hydrogen-bond donors (Lipinski definition) is 2. The van der Waals surface area contributed by atoms with Crippen LogP contribution in [0.5, 0.6) is 11.5 Å². The van der Waals surface area contributed by atoms with Crippen molar-refractivity contribution in [2.45, 2.75) is 27.2 Å². The SMILES string of the molecule is Cc1c(C)c(O)c(/C=C/Cc2nc3ccc(F)cc3o2)c(C)c1O. The minimum absolute atomic E-state index is 0.152. The van der Waals surface area contributed by atoms with Crippen LogP contribution in [0.15, 0.2) is 28.7 Å². The van der Waals surface area contributed by atoms with Gasteiger partial charge in [-0.2, -0.15) is 0 Å². The van der Waals surface area contributed by atoms with Crippen LogP contribution >= 0.6 is 0 Å². The number of benzene rings is 2. The Kier molecular flexibility index (Phi) is 4.01. The van der Waals surface area contributed by atoms with Gasteiger partial charge in [-0.3, -0.25) is 0 Å². The molecule has 0 saturated carbocycles. The van der Waals surface area contributed by atoms with Crippen molar-refractivity contribution >= 4 is 17.2 Å². The number of aromatic hydroxyl groups is 2. The first-order chi connectivity index (χ1) is 11.4. The molecule has 0 unspecified atom stereocenters. The van der Waals surface area contributed by atoms with Crippen molar-refractivity contribution in [1.82, 2.24) is 4.98 Å². The molecule has 4 nitrogen and oxygen atoms in total. The number of nitrogens with zero attached hydrogens (tertiary/aromatic N) is 1. The number of phenolic OH excluding ortho intramolecular Hbond substituents is 2. The van der Waals surface area contributed by atoms with Crippen LogP contribution in [0.3, 0.4) is 0 Å². The fraction of sp³-hybridized carbons (Fsp3) is 0.211. The summed E-state index contributed by atoms with van der Waals surface area (Å²) < 4.78 is 18.7. The monoisotopic (exact) mass is 327 g/mol. The predicted molar refractivity (Wildman–Crippen MR) is 90.7 cm³/mol. The molecule has 3 aromatic rings. The molecule has 0 aliphatic heterocycles. The number of rotatable bonds is 3. The van der Waals surface area contributed by atoms with E-state index in [1.54, 1.807) is 39.0 Å². The third kappa shape index (κ3) is 2.73. The first-order valence-corrected chi connectivity index (χ1v) is 7.61. The molecule has 0 atom stereocenters. The minimum Gasteiger partial charge on any atom is -0.507 e. The van der Waals surface area contributed by atoms with Gasteiger partial charge in [0.1, 0.15) is 22.8 Å². The molecule has 2 N–H and O–H groups in total. The highest BCUT2D eigenvalue weighted by Gasteiger charge is 2.14. The van der Waals surface area contributed by atoms with Gasteiger partial charge in [0.2, 0.25) is 0 Å². The van der Waals surface area contributed by atoms with E-state index in [0.717, 1.165) is 0 Å². The molecule has 3 rings (SSSR count). The Hall–Kier alpha value is -2.82. The molecule has 0 radical (unpaired) electrons. The third-order valence-electron chi connectivity index (χ3n) is 4.26. The third-order valence-corrected chi connectivity index (χ3v) is 4.26. The number of fused-ring (bicyclic) bond motifs is 1. The molecule has 24 heavy (non-hydrogen) atoms. The lowest BCUT2D eigenvalue weighted by Crippen LogP contribution is -1.92. The molecule has 0 aliphatic rings. The van der Waals surface area contributed by atoms with Crippen molar-refractivity contribution in [2.75, 3.05) is 0 Å². The molecule has 1 aromatic heterocycles. The van der Waals surface area contributed by atoms with Gasteiger partial charge in [-0.15, -0.1) is 0 Å². The van der Waals surface area contributed by atoms with Crippen LogP contribution in [0.4, 0.5) is 4.39 Å². The van der Waals surface area contributed by atoms with Crippen LogP contribution in [0.2, 0.25) is 0 Å². The fourth-order valence-electron chi connectivity index (χ4n) is 2.66. The molecule has 0 bridgehead atoms. The summed E-state index contributed by atoms with van der Waals surface area (Å²) in [5, 5.41) is 20.4. The number of aromatic nitrogens is 1. The number of halogens is 1. The van der Waals surface area contributed by atoms with Crippen LogP contribution in [-0.2, 0) is 6.42 Å². The lowest BCUT2D eigenvalue weighted by Gasteiger charge is -2.13. The second-order valence-corrected chi connectivity index (χ2v) is 5.81.